The number of benzene rings is 2. The molecule has 0 spiro atoms. The standard InChI is InChI=1S/C27H23Cl2N5O5S2/c1-5-33-23(35)20(41-27(33)40)11-14-6-9-18(19(10-14)38-4)39-25-30-22-21(24(36)32(3)26(37)31(22)2)34(25)13-15-7-8-16(28)12-17(15)29/h6-12H,5,13H2,1-4H3/b20-11+. The lowest BCUT2D eigenvalue weighted by molar-refractivity contribution is -0.121. The maximum Gasteiger partial charge on any atom is 0.332 e. The second-order valence-electron chi connectivity index (χ2n) is 9.03. The van der Waals surface area contributed by atoms with Crippen LogP contribution in [0.3, 0.4) is 0 Å². The molecule has 1 fully saturated rings. The average Bonchev–Trinajstić information content (AvgIpc) is 3.43. The van der Waals surface area contributed by atoms with Crippen LogP contribution in [0.15, 0.2) is 50.9 Å². The molecule has 0 radical (unpaired) electrons. The number of nitrogens with zero attached hydrogens (tertiary/aromatic N) is 5. The van der Waals surface area contributed by atoms with Gasteiger partial charge in [-0.25, -0.2) is 4.79 Å². The third-order valence-corrected chi connectivity index (χ3v) is 8.50. The minimum Gasteiger partial charge on any atom is -0.493 e. The molecule has 4 aromatic rings. The predicted octanol–water partition coefficient (Wildman–Crippen LogP) is 4.81. The molecule has 0 unspecified atom stereocenters. The Morgan fingerprint density at radius 3 is 2.46 bits per heavy atom. The van der Waals surface area contributed by atoms with Crippen molar-refractivity contribution in [1.82, 2.24) is 23.6 Å². The van der Waals surface area contributed by atoms with Crippen molar-refractivity contribution in [1.29, 1.82) is 0 Å². The number of thiocarbonyl (C=S) groups is 1. The number of hydrogen-bond donors (Lipinski definition) is 0. The van der Waals surface area contributed by atoms with Gasteiger partial charge in [0.05, 0.1) is 18.6 Å². The first-order valence-corrected chi connectivity index (χ1v) is 14.2. The highest BCUT2D eigenvalue weighted by molar-refractivity contribution is 8.26. The fraction of sp³-hybridized carbons (Fsp3) is 0.222. The summed E-state index contributed by atoms with van der Waals surface area (Å²) in [4.78, 5) is 45.1. The highest BCUT2D eigenvalue weighted by atomic mass is 35.5. The van der Waals surface area contributed by atoms with E-state index in [-0.39, 0.29) is 29.6 Å². The second-order valence-corrected chi connectivity index (χ2v) is 11.6. The Kier molecular flexibility index (Phi) is 8.02. The number of amides is 1. The summed E-state index contributed by atoms with van der Waals surface area (Å²) in [6.07, 6.45) is 1.73. The Labute approximate surface area is 253 Å². The van der Waals surface area contributed by atoms with Crippen LogP contribution in [-0.4, -0.2) is 47.5 Å². The highest BCUT2D eigenvalue weighted by Crippen LogP contribution is 2.37. The number of carbonyl (C=O) groups is 1. The first-order valence-electron chi connectivity index (χ1n) is 12.3. The molecular formula is C27H23Cl2N5O5S2. The highest BCUT2D eigenvalue weighted by Gasteiger charge is 2.30. The fourth-order valence-electron chi connectivity index (χ4n) is 4.35. The normalized spacial score (nSPS) is 14.5. The summed E-state index contributed by atoms with van der Waals surface area (Å²) in [6.45, 7) is 2.47. The van der Waals surface area contributed by atoms with Crippen molar-refractivity contribution in [3.8, 4) is 17.5 Å². The van der Waals surface area contributed by atoms with Gasteiger partial charge in [-0.3, -0.25) is 28.2 Å². The molecule has 0 atom stereocenters. The molecule has 2 aromatic carbocycles. The van der Waals surface area contributed by atoms with Gasteiger partial charge >= 0.3 is 11.7 Å². The van der Waals surface area contributed by atoms with Crippen LogP contribution >= 0.6 is 47.2 Å². The van der Waals surface area contributed by atoms with Gasteiger partial charge in [-0.1, -0.05) is 59.3 Å². The summed E-state index contributed by atoms with van der Waals surface area (Å²) < 4.78 is 16.1. The quantitative estimate of drug-likeness (QED) is 0.212. The zero-order chi connectivity index (χ0) is 29.6. The lowest BCUT2D eigenvalue weighted by Crippen LogP contribution is -2.37. The smallest absolute Gasteiger partial charge is 0.332 e. The molecule has 1 saturated heterocycles. The van der Waals surface area contributed by atoms with Gasteiger partial charge in [-0.2, -0.15) is 4.98 Å². The second kappa shape index (κ2) is 11.4. The average molecular weight is 633 g/mol. The number of rotatable bonds is 7. The van der Waals surface area contributed by atoms with Gasteiger partial charge in [0.1, 0.15) is 4.32 Å². The molecule has 5 rings (SSSR count). The van der Waals surface area contributed by atoms with E-state index in [4.69, 9.17) is 44.9 Å². The van der Waals surface area contributed by atoms with Gasteiger partial charge in [0.2, 0.25) is 0 Å². The third kappa shape index (κ3) is 5.28. The van der Waals surface area contributed by atoms with E-state index in [0.29, 0.717) is 48.4 Å². The van der Waals surface area contributed by atoms with Gasteiger partial charge in [0.25, 0.3) is 11.5 Å². The Morgan fingerprint density at radius 2 is 1.80 bits per heavy atom. The van der Waals surface area contributed by atoms with E-state index in [2.05, 4.69) is 4.98 Å². The molecule has 10 nitrogen and oxygen atoms in total. The number of fused-ring (bicyclic) bond motifs is 1. The van der Waals surface area contributed by atoms with Crippen LogP contribution in [0.5, 0.6) is 17.5 Å². The van der Waals surface area contributed by atoms with Gasteiger partial charge in [-0.05, 0) is 48.4 Å². The molecule has 0 N–H and O–H groups in total. The summed E-state index contributed by atoms with van der Waals surface area (Å²) >= 11 is 19.1. The number of halogens is 2. The van der Waals surface area contributed by atoms with Crippen molar-refractivity contribution >= 4 is 74.6 Å². The number of aromatic nitrogens is 4. The number of carbonyl (C=O) groups excluding carboxylic acids is 1. The molecule has 0 bridgehead atoms. The van der Waals surface area contributed by atoms with Crippen LogP contribution in [0.1, 0.15) is 18.1 Å². The maximum absolute atomic E-state index is 13.3. The van der Waals surface area contributed by atoms with Crippen molar-refractivity contribution in [2.45, 2.75) is 13.5 Å². The van der Waals surface area contributed by atoms with Gasteiger partial charge < -0.3 is 9.47 Å². The van der Waals surface area contributed by atoms with E-state index < -0.39 is 11.2 Å². The van der Waals surface area contributed by atoms with E-state index >= 15 is 0 Å². The number of imidazole rings is 1. The van der Waals surface area contributed by atoms with Crippen LogP contribution in [0.2, 0.25) is 10.0 Å². The molecule has 14 heteroatoms. The summed E-state index contributed by atoms with van der Waals surface area (Å²) in [5, 5.41) is 0.855. The molecule has 1 aliphatic rings. The molecule has 0 saturated carbocycles. The van der Waals surface area contributed by atoms with Crippen molar-refractivity contribution in [3.63, 3.8) is 0 Å². The van der Waals surface area contributed by atoms with Crippen LogP contribution in [0.25, 0.3) is 17.2 Å². The number of ether oxygens (including phenoxy) is 2. The molecule has 1 amide bonds. The molecule has 2 aromatic heterocycles. The topological polar surface area (TPSA) is 101 Å². The van der Waals surface area contributed by atoms with E-state index in [1.165, 1.54) is 42.4 Å². The van der Waals surface area contributed by atoms with Crippen LogP contribution in [0, 0.1) is 0 Å². The monoisotopic (exact) mass is 631 g/mol. The van der Waals surface area contributed by atoms with Crippen molar-refractivity contribution in [3.05, 3.63) is 83.3 Å². The van der Waals surface area contributed by atoms with Gasteiger partial charge in [0, 0.05) is 30.7 Å². The van der Waals surface area contributed by atoms with Crippen LogP contribution in [-0.2, 0) is 25.4 Å². The Balaban J connectivity index is 1.60. The molecule has 41 heavy (non-hydrogen) atoms. The zero-order valence-corrected chi connectivity index (χ0v) is 25.5. The Bertz CT molecular complexity index is 1900. The van der Waals surface area contributed by atoms with E-state index in [1.54, 1.807) is 47.0 Å². The van der Waals surface area contributed by atoms with Gasteiger partial charge in [-0.15, -0.1) is 0 Å². The minimum atomic E-state index is -0.540. The van der Waals surface area contributed by atoms with E-state index in [9.17, 15) is 14.4 Å². The number of hydrogen-bond acceptors (Lipinski definition) is 8. The molecule has 212 valence electrons. The molecule has 1 aliphatic heterocycles. The van der Waals surface area contributed by atoms with Gasteiger partial charge in [0.15, 0.2) is 22.7 Å². The fourth-order valence-corrected chi connectivity index (χ4v) is 6.20. The molecular weight excluding hydrogens is 609 g/mol. The van der Waals surface area contributed by atoms with Crippen LogP contribution < -0.4 is 20.7 Å². The SMILES string of the molecule is CCN1C(=O)/C(=C\c2ccc(Oc3nc4c(c(=O)n(C)c(=O)n4C)n3Cc3ccc(Cl)cc3Cl)c(OC)c2)SC1=S. The minimum absolute atomic E-state index is 0.0409. The van der Waals surface area contributed by atoms with E-state index in [0.717, 1.165) is 4.57 Å². The van der Waals surface area contributed by atoms with Crippen molar-refractivity contribution in [2.24, 2.45) is 14.1 Å². The number of likely N-dealkylation sites (N-methyl/N-ethyl adjacent to an activating group) is 1. The van der Waals surface area contributed by atoms with Crippen LogP contribution in [0.4, 0.5) is 0 Å². The summed E-state index contributed by atoms with van der Waals surface area (Å²) in [6, 6.07) is 10.2. The summed E-state index contributed by atoms with van der Waals surface area (Å²) in [5.41, 5.74) is 0.586. The lowest BCUT2D eigenvalue weighted by atomic mass is 10.2. The van der Waals surface area contributed by atoms with E-state index in [1.807, 2.05) is 6.92 Å². The zero-order valence-electron chi connectivity index (χ0n) is 22.3. The van der Waals surface area contributed by atoms with Crippen molar-refractivity contribution in [2.75, 3.05) is 13.7 Å². The number of thioether (sulfide) groups is 1. The molecule has 3 heterocycles. The number of methoxy groups -OCH3 is 1. The molecule has 0 aliphatic carbocycles. The largest absolute Gasteiger partial charge is 0.493 e. The Morgan fingerprint density at radius 1 is 1.05 bits per heavy atom. The predicted molar refractivity (Wildman–Crippen MR) is 164 cm³/mol. The third-order valence-electron chi connectivity index (χ3n) is 6.53. The first kappa shape index (κ1) is 28.9. The summed E-state index contributed by atoms with van der Waals surface area (Å²) in [7, 11) is 4.41. The Hall–Kier alpha value is -3.58. The lowest BCUT2D eigenvalue weighted by Gasteiger charge is -2.13. The maximum atomic E-state index is 13.3. The first-order chi connectivity index (χ1) is 19.5. The number of aryl methyl sites for hydroxylation is 1. The van der Waals surface area contributed by atoms with Crippen molar-refractivity contribution < 1.29 is 14.3 Å². The summed E-state index contributed by atoms with van der Waals surface area (Å²) in [5.74, 6) is 0.504.